The number of methoxy groups -OCH3 is 1. The third-order valence-corrected chi connectivity index (χ3v) is 7.44. The van der Waals surface area contributed by atoms with Crippen molar-refractivity contribution in [2.45, 2.75) is 50.7 Å². The van der Waals surface area contributed by atoms with Crippen LogP contribution in [0.5, 0.6) is 11.5 Å². The van der Waals surface area contributed by atoms with Gasteiger partial charge in [-0.2, -0.15) is 4.80 Å². The zero-order valence-electron chi connectivity index (χ0n) is 22.9. The molecular formula is C30H30ClFN6O4. The number of carbonyl (C=O) groups is 2. The highest BCUT2D eigenvalue weighted by atomic mass is 35.5. The molecule has 3 aromatic carbocycles. The summed E-state index contributed by atoms with van der Waals surface area (Å²) in [5, 5.41) is 26.3. The van der Waals surface area contributed by atoms with Gasteiger partial charge in [-0.25, -0.2) is 4.39 Å². The van der Waals surface area contributed by atoms with E-state index >= 15 is 0 Å². The quantitative estimate of drug-likeness (QED) is 0.278. The van der Waals surface area contributed by atoms with Crippen LogP contribution in [0.4, 0.5) is 10.1 Å². The minimum absolute atomic E-state index is 0.0446. The summed E-state index contributed by atoms with van der Waals surface area (Å²) in [7, 11) is 1.40. The summed E-state index contributed by atoms with van der Waals surface area (Å²) in [5.74, 6) is -1.14. The Kier molecular flexibility index (Phi) is 8.97. The van der Waals surface area contributed by atoms with Crippen LogP contribution in [0.2, 0.25) is 5.02 Å². The number of nitrogens with one attached hydrogen (secondary N) is 1. The van der Waals surface area contributed by atoms with Gasteiger partial charge in [-0.1, -0.05) is 36.9 Å². The van der Waals surface area contributed by atoms with Crippen LogP contribution in [0.3, 0.4) is 0 Å². The number of anilines is 1. The van der Waals surface area contributed by atoms with E-state index in [2.05, 4.69) is 20.7 Å². The number of aromatic nitrogens is 4. The summed E-state index contributed by atoms with van der Waals surface area (Å²) in [6.07, 6.45) is 4.76. The fourth-order valence-electron chi connectivity index (χ4n) is 5.07. The van der Waals surface area contributed by atoms with Gasteiger partial charge in [-0.3, -0.25) is 14.5 Å². The molecule has 1 saturated carbocycles. The van der Waals surface area contributed by atoms with E-state index in [4.69, 9.17) is 16.3 Å². The second-order valence-electron chi connectivity index (χ2n) is 10.1. The van der Waals surface area contributed by atoms with Crippen LogP contribution in [0.1, 0.15) is 43.7 Å². The maximum absolute atomic E-state index is 14.0. The molecule has 1 atom stereocenters. The van der Waals surface area contributed by atoms with Gasteiger partial charge < -0.3 is 15.2 Å². The molecule has 1 aromatic heterocycles. The normalized spacial score (nSPS) is 14.3. The molecule has 1 fully saturated rings. The lowest BCUT2D eigenvalue weighted by Crippen LogP contribution is -2.48. The molecule has 0 aliphatic heterocycles. The van der Waals surface area contributed by atoms with Crippen molar-refractivity contribution in [1.29, 1.82) is 0 Å². The minimum Gasteiger partial charge on any atom is -0.504 e. The summed E-state index contributed by atoms with van der Waals surface area (Å²) in [6, 6.07) is 15.4. The van der Waals surface area contributed by atoms with Crippen LogP contribution >= 0.6 is 11.6 Å². The van der Waals surface area contributed by atoms with Crippen LogP contribution in [-0.2, 0) is 16.1 Å². The molecular weight excluding hydrogens is 563 g/mol. The van der Waals surface area contributed by atoms with Crippen LogP contribution in [0.15, 0.2) is 66.7 Å². The number of phenolic OH excluding ortho intramolecular Hbond substituents is 1. The van der Waals surface area contributed by atoms with Crippen molar-refractivity contribution in [3.8, 4) is 22.9 Å². The Labute approximate surface area is 247 Å². The zero-order valence-corrected chi connectivity index (χ0v) is 23.7. The van der Waals surface area contributed by atoms with Crippen molar-refractivity contribution in [3.05, 3.63) is 83.1 Å². The van der Waals surface area contributed by atoms with Gasteiger partial charge in [0.1, 0.15) is 18.4 Å². The van der Waals surface area contributed by atoms with Crippen LogP contribution in [0.25, 0.3) is 11.4 Å². The molecule has 1 aliphatic rings. The molecule has 0 radical (unpaired) electrons. The monoisotopic (exact) mass is 592 g/mol. The summed E-state index contributed by atoms with van der Waals surface area (Å²) in [4.78, 5) is 30.5. The zero-order chi connectivity index (χ0) is 29.6. The molecule has 42 heavy (non-hydrogen) atoms. The van der Waals surface area contributed by atoms with Gasteiger partial charge in [0, 0.05) is 22.3 Å². The van der Waals surface area contributed by atoms with Gasteiger partial charge in [-0.15, -0.1) is 10.2 Å². The molecule has 218 valence electrons. The predicted molar refractivity (Wildman–Crippen MR) is 155 cm³/mol. The number of benzene rings is 3. The van der Waals surface area contributed by atoms with Crippen LogP contribution in [-0.4, -0.2) is 50.3 Å². The summed E-state index contributed by atoms with van der Waals surface area (Å²) < 4.78 is 19.3. The van der Waals surface area contributed by atoms with E-state index < -0.39 is 23.7 Å². The Hall–Kier alpha value is -4.51. The first-order valence-corrected chi connectivity index (χ1v) is 14.0. The second-order valence-corrected chi connectivity index (χ2v) is 10.5. The van der Waals surface area contributed by atoms with Crippen molar-refractivity contribution in [2.75, 3.05) is 12.0 Å². The number of hydrogen-bond donors (Lipinski definition) is 2. The van der Waals surface area contributed by atoms with E-state index in [1.54, 1.807) is 30.3 Å². The number of halogens is 2. The Morgan fingerprint density at radius 2 is 1.81 bits per heavy atom. The predicted octanol–water partition coefficient (Wildman–Crippen LogP) is 5.07. The average Bonchev–Trinajstić information content (AvgIpc) is 3.46. The summed E-state index contributed by atoms with van der Waals surface area (Å²) >= 11 is 5.98. The van der Waals surface area contributed by atoms with E-state index in [0.29, 0.717) is 22.0 Å². The summed E-state index contributed by atoms with van der Waals surface area (Å²) in [6.45, 7) is -0.361. The highest BCUT2D eigenvalue weighted by Crippen LogP contribution is 2.34. The molecule has 0 saturated heterocycles. The molecule has 0 unspecified atom stereocenters. The molecule has 1 aliphatic carbocycles. The number of nitrogens with zero attached hydrogens (tertiary/aromatic N) is 5. The van der Waals surface area contributed by atoms with Crippen molar-refractivity contribution in [2.24, 2.45) is 0 Å². The van der Waals surface area contributed by atoms with Gasteiger partial charge in [0.2, 0.25) is 11.7 Å². The van der Waals surface area contributed by atoms with Crippen molar-refractivity contribution < 1.29 is 23.8 Å². The van der Waals surface area contributed by atoms with Gasteiger partial charge >= 0.3 is 0 Å². The van der Waals surface area contributed by atoms with Crippen LogP contribution < -0.4 is 15.0 Å². The maximum atomic E-state index is 14.0. The number of phenols is 1. The first-order chi connectivity index (χ1) is 20.3. The largest absolute Gasteiger partial charge is 0.504 e. The van der Waals surface area contributed by atoms with E-state index in [1.165, 1.54) is 48.4 Å². The standard InChI is InChI=1S/C30H30ClFN6O4/c1-42-26-17-20(9-16-25(26)39)28(30(41)33-23-5-3-2-4-6-23)38(24-14-12-22(32)13-15-24)27(40)18-37-35-29(34-36-37)19-7-10-21(31)11-8-19/h7-17,23,28,39H,2-6,18H2,1H3,(H,33,41)/t28-/m0/s1. The smallest absolute Gasteiger partial charge is 0.251 e. The van der Waals surface area contributed by atoms with Gasteiger partial charge in [0.15, 0.2) is 11.5 Å². The van der Waals surface area contributed by atoms with Gasteiger partial charge in [-0.05, 0) is 84.3 Å². The second kappa shape index (κ2) is 13.0. The van der Waals surface area contributed by atoms with Crippen LogP contribution in [0, 0.1) is 5.82 Å². The van der Waals surface area contributed by atoms with E-state index in [9.17, 15) is 19.1 Å². The lowest BCUT2D eigenvalue weighted by molar-refractivity contribution is -0.127. The SMILES string of the molecule is COc1cc([C@@H](C(=O)NC2CCCCC2)N(C(=O)Cn2nnc(-c3ccc(Cl)cc3)n2)c2ccc(F)cc2)ccc1O. The molecule has 5 rings (SSSR count). The molecule has 0 spiro atoms. The third kappa shape index (κ3) is 6.68. The molecule has 12 heteroatoms. The Bertz CT molecular complexity index is 1540. The average molecular weight is 593 g/mol. The number of hydrogen-bond acceptors (Lipinski definition) is 7. The van der Waals surface area contributed by atoms with Gasteiger partial charge in [0.25, 0.3) is 5.91 Å². The fraction of sp³-hybridized carbons (Fsp3) is 0.300. The highest BCUT2D eigenvalue weighted by molar-refractivity contribution is 6.30. The molecule has 2 amide bonds. The molecule has 4 aromatic rings. The highest BCUT2D eigenvalue weighted by Gasteiger charge is 2.35. The number of rotatable bonds is 9. The van der Waals surface area contributed by atoms with Crippen molar-refractivity contribution >= 4 is 29.1 Å². The third-order valence-electron chi connectivity index (χ3n) is 7.18. The number of aromatic hydroxyl groups is 1. The van der Waals surface area contributed by atoms with E-state index in [0.717, 1.165) is 36.9 Å². The number of amides is 2. The number of ether oxygens (including phenoxy) is 1. The Balaban J connectivity index is 1.53. The number of carbonyl (C=O) groups excluding carboxylic acids is 2. The lowest BCUT2D eigenvalue weighted by atomic mass is 9.94. The first-order valence-electron chi connectivity index (χ1n) is 13.6. The molecule has 0 bridgehead atoms. The van der Waals surface area contributed by atoms with Crippen molar-refractivity contribution in [1.82, 2.24) is 25.5 Å². The minimum atomic E-state index is -1.18. The molecule has 1 heterocycles. The Morgan fingerprint density at radius 3 is 2.50 bits per heavy atom. The molecule has 2 N–H and O–H groups in total. The number of tetrazole rings is 1. The summed E-state index contributed by atoms with van der Waals surface area (Å²) in [5.41, 5.74) is 1.34. The van der Waals surface area contributed by atoms with Crippen molar-refractivity contribution in [3.63, 3.8) is 0 Å². The topological polar surface area (TPSA) is 122 Å². The molecule has 10 nitrogen and oxygen atoms in total. The lowest BCUT2D eigenvalue weighted by Gasteiger charge is -2.33. The first kappa shape index (κ1) is 29.0. The fourth-order valence-corrected chi connectivity index (χ4v) is 5.20. The van der Waals surface area contributed by atoms with E-state index in [1.807, 2.05) is 0 Å². The van der Waals surface area contributed by atoms with Gasteiger partial charge in [0.05, 0.1) is 7.11 Å². The maximum Gasteiger partial charge on any atom is 0.251 e. The van der Waals surface area contributed by atoms with E-state index in [-0.39, 0.29) is 29.8 Å². The Morgan fingerprint density at radius 1 is 1.10 bits per heavy atom.